The molecule has 2 aromatic carbocycles. The SMILES string of the molecule is CC(=O)CN1C(=O)[C@@H](NC(=O)OCc2ccccc2)N=C(C)c2cccc(C)c21. The maximum Gasteiger partial charge on any atom is 0.409 e. The number of nitrogens with one attached hydrogen (secondary N) is 1. The molecule has 29 heavy (non-hydrogen) atoms. The Labute approximate surface area is 169 Å². The van der Waals surface area contributed by atoms with Crippen LogP contribution < -0.4 is 10.2 Å². The second-order valence-electron chi connectivity index (χ2n) is 6.92. The van der Waals surface area contributed by atoms with E-state index in [-0.39, 0.29) is 18.9 Å². The summed E-state index contributed by atoms with van der Waals surface area (Å²) < 4.78 is 5.22. The quantitative estimate of drug-likeness (QED) is 0.846. The summed E-state index contributed by atoms with van der Waals surface area (Å²) in [5.74, 6) is -0.651. The molecular formula is C22H23N3O4. The van der Waals surface area contributed by atoms with Crippen molar-refractivity contribution < 1.29 is 19.1 Å². The van der Waals surface area contributed by atoms with Crippen LogP contribution in [0.1, 0.15) is 30.5 Å². The van der Waals surface area contributed by atoms with Gasteiger partial charge in [0.05, 0.1) is 12.2 Å². The first-order chi connectivity index (χ1) is 13.9. The molecule has 0 unspecified atom stereocenters. The number of carbonyl (C=O) groups is 3. The van der Waals surface area contributed by atoms with Gasteiger partial charge in [-0.15, -0.1) is 0 Å². The maximum atomic E-state index is 13.1. The molecule has 0 saturated carbocycles. The molecule has 2 amide bonds. The van der Waals surface area contributed by atoms with Gasteiger partial charge >= 0.3 is 6.09 Å². The summed E-state index contributed by atoms with van der Waals surface area (Å²) in [5.41, 5.74) is 3.66. The van der Waals surface area contributed by atoms with Gasteiger partial charge in [-0.3, -0.25) is 19.9 Å². The molecule has 150 valence electrons. The van der Waals surface area contributed by atoms with Gasteiger partial charge in [0.1, 0.15) is 12.4 Å². The summed E-state index contributed by atoms with van der Waals surface area (Å²) in [4.78, 5) is 43.0. The highest BCUT2D eigenvalue weighted by atomic mass is 16.5. The summed E-state index contributed by atoms with van der Waals surface area (Å²) in [5, 5.41) is 2.52. The molecule has 0 radical (unpaired) electrons. The summed E-state index contributed by atoms with van der Waals surface area (Å²) in [6.07, 6.45) is -1.93. The number of aliphatic imine (C=N–C) groups is 1. The molecule has 7 heteroatoms. The van der Waals surface area contributed by atoms with Crippen molar-refractivity contribution in [1.82, 2.24) is 5.32 Å². The molecule has 0 aliphatic carbocycles. The van der Waals surface area contributed by atoms with Crippen molar-refractivity contribution >= 4 is 29.2 Å². The zero-order chi connectivity index (χ0) is 21.0. The molecule has 1 aliphatic heterocycles. The lowest BCUT2D eigenvalue weighted by Crippen LogP contribution is -2.49. The summed E-state index contributed by atoms with van der Waals surface area (Å²) in [6, 6.07) is 14.8. The fourth-order valence-electron chi connectivity index (χ4n) is 3.24. The van der Waals surface area contributed by atoms with Gasteiger partial charge in [-0.25, -0.2) is 4.79 Å². The molecule has 1 aliphatic rings. The predicted molar refractivity (Wildman–Crippen MR) is 110 cm³/mol. The molecule has 2 aromatic rings. The third-order valence-corrected chi connectivity index (χ3v) is 4.57. The number of amides is 2. The first-order valence-electron chi connectivity index (χ1n) is 9.29. The average Bonchev–Trinajstić information content (AvgIpc) is 2.78. The number of hydrogen-bond acceptors (Lipinski definition) is 5. The predicted octanol–water partition coefficient (Wildman–Crippen LogP) is 2.99. The number of aryl methyl sites for hydroxylation is 1. The number of ketones is 1. The van der Waals surface area contributed by atoms with Crippen molar-refractivity contribution in [2.24, 2.45) is 4.99 Å². The van der Waals surface area contributed by atoms with Crippen LogP contribution in [0, 0.1) is 6.92 Å². The number of carbonyl (C=O) groups excluding carboxylic acids is 3. The number of fused-ring (bicyclic) bond motifs is 1. The van der Waals surface area contributed by atoms with E-state index in [1.807, 2.05) is 55.5 Å². The van der Waals surface area contributed by atoms with E-state index < -0.39 is 18.2 Å². The Balaban J connectivity index is 1.83. The highest BCUT2D eigenvalue weighted by Gasteiger charge is 2.33. The molecule has 0 fully saturated rings. The topological polar surface area (TPSA) is 88.1 Å². The molecular weight excluding hydrogens is 370 g/mol. The fourth-order valence-corrected chi connectivity index (χ4v) is 3.24. The Hall–Kier alpha value is -3.48. The molecule has 0 spiro atoms. The Bertz CT molecular complexity index is 969. The van der Waals surface area contributed by atoms with Gasteiger partial charge in [0, 0.05) is 11.3 Å². The highest BCUT2D eigenvalue weighted by molar-refractivity contribution is 6.14. The number of benzene rings is 2. The van der Waals surface area contributed by atoms with Gasteiger partial charge in [0.25, 0.3) is 5.91 Å². The van der Waals surface area contributed by atoms with Crippen LogP contribution in [0.4, 0.5) is 10.5 Å². The number of benzodiazepines with no additional fused rings is 1. The van der Waals surface area contributed by atoms with E-state index >= 15 is 0 Å². The van der Waals surface area contributed by atoms with Crippen LogP contribution in [0.15, 0.2) is 53.5 Å². The third kappa shape index (κ3) is 4.68. The Kier molecular flexibility index (Phi) is 6.07. The van der Waals surface area contributed by atoms with Crippen LogP contribution in [0.3, 0.4) is 0 Å². The summed E-state index contributed by atoms with van der Waals surface area (Å²) in [7, 11) is 0. The van der Waals surface area contributed by atoms with Gasteiger partial charge in [-0.1, -0.05) is 48.5 Å². The number of ether oxygens (including phenoxy) is 1. The monoisotopic (exact) mass is 393 g/mol. The van der Waals surface area contributed by atoms with Crippen molar-refractivity contribution in [2.75, 3.05) is 11.4 Å². The van der Waals surface area contributed by atoms with Crippen molar-refractivity contribution in [3.8, 4) is 0 Å². The average molecular weight is 393 g/mol. The van der Waals surface area contributed by atoms with Crippen LogP contribution in [-0.4, -0.2) is 36.2 Å². The van der Waals surface area contributed by atoms with Gasteiger partial charge in [0.15, 0.2) is 0 Å². The van der Waals surface area contributed by atoms with Crippen LogP contribution >= 0.6 is 0 Å². The lowest BCUT2D eigenvalue weighted by molar-refractivity contribution is -0.123. The van der Waals surface area contributed by atoms with Crippen LogP contribution in [-0.2, 0) is 20.9 Å². The van der Waals surface area contributed by atoms with E-state index in [4.69, 9.17) is 4.74 Å². The highest BCUT2D eigenvalue weighted by Crippen LogP contribution is 2.29. The number of alkyl carbamates (subject to hydrolysis) is 1. The van der Waals surface area contributed by atoms with E-state index in [1.54, 1.807) is 6.92 Å². The zero-order valence-corrected chi connectivity index (χ0v) is 16.6. The van der Waals surface area contributed by atoms with Crippen LogP contribution in [0.2, 0.25) is 0 Å². The van der Waals surface area contributed by atoms with Crippen molar-refractivity contribution in [1.29, 1.82) is 0 Å². The normalized spacial score (nSPS) is 15.8. The number of nitrogens with zero attached hydrogens (tertiary/aromatic N) is 2. The lowest BCUT2D eigenvalue weighted by atomic mass is 10.0. The van der Waals surface area contributed by atoms with Gasteiger partial charge in [-0.2, -0.15) is 0 Å². The number of para-hydroxylation sites is 1. The standard InChI is InChI=1S/C22H23N3O4/c1-14-8-7-11-18-16(3)23-20(21(27)25(19(14)18)12-15(2)26)24-22(28)29-13-17-9-5-4-6-10-17/h4-11,20H,12-13H2,1-3H3,(H,24,28)/t20-/m1/s1. The molecule has 0 aromatic heterocycles. The van der Waals surface area contributed by atoms with Gasteiger partial charge < -0.3 is 9.64 Å². The van der Waals surface area contributed by atoms with E-state index in [0.717, 1.165) is 16.7 Å². The van der Waals surface area contributed by atoms with E-state index in [9.17, 15) is 14.4 Å². The van der Waals surface area contributed by atoms with Gasteiger partial charge in [-0.05, 0) is 31.9 Å². The molecule has 1 heterocycles. The van der Waals surface area contributed by atoms with E-state index in [0.29, 0.717) is 11.4 Å². The minimum atomic E-state index is -1.18. The van der Waals surface area contributed by atoms with Crippen molar-refractivity contribution in [3.05, 3.63) is 65.2 Å². The number of anilines is 1. The van der Waals surface area contributed by atoms with Crippen molar-refractivity contribution in [3.63, 3.8) is 0 Å². The first kappa shape index (κ1) is 20.3. The largest absolute Gasteiger partial charge is 0.445 e. The number of hydrogen-bond donors (Lipinski definition) is 1. The number of rotatable bonds is 5. The Morgan fingerprint density at radius 2 is 1.83 bits per heavy atom. The Morgan fingerprint density at radius 3 is 2.52 bits per heavy atom. The molecule has 0 bridgehead atoms. The molecule has 7 nitrogen and oxygen atoms in total. The maximum absolute atomic E-state index is 13.1. The Morgan fingerprint density at radius 1 is 1.10 bits per heavy atom. The third-order valence-electron chi connectivity index (χ3n) is 4.57. The fraction of sp³-hybridized carbons (Fsp3) is 0.273. The molecule has 0 saturated heterocycles. The minimum Gasteiger partial charge on any atom is -0.445 e. The van der Waals surface area contributed by atoms with Crippen molar-refractivity contribution in [2.45, 2.75) is 33.5 Å². The first-order valence-corrected chi connectivity index (χ1v) is 9.29. The van der Waals surface area contributed by atoms with E-state index in [1.165, 1.54) is 11.8 Å². The minimum absolute atomic E-state index is 0.0762. The smallest absolute Gasteiger partial charge is 0.409 e. The van der Waals surface area contributed by atoms with Crippen LogP contribution in [0.25, 0.3) is 0 Å². The molecule has 1 atom stereocenters. The van der Waals surface area contributed by atoms with E-state index in [2.05, 4.69) is 10.3 Å². The summed E-state index contributed by atoms with van der Waals surface area (Å²) in [6.45, 7) is 5.03. The zero-order valence-electron chi connectivity index (χ0n) is 16.6. The number of Topliss-reactive ketones (excluding diaryl/α,β-unsaturated/α-hetero) is 1. The summed E-state index contributed by atoms with van der Waals surface area (Å²) >= 11 is 0. The van der Waals surface area contributed by atoms with Crippen LogP contribution in [0.5, 0.6) is 0 Å². The lowest BCUT2D eigenvalue weighted by Gasteiger charge is -2.25. The molecule has 3 rings (SSSR count). The second kappa shape index (κ2) is 8.68. The molecule has 1 N–H and O–H groups in total. The second-order valence-corrected chi connectivity index (χ2v) is 6.92. The van der Waals surface area contributed by atoms with Gasteiger partial charge in [0.2, 0.25) is 6.17 Å².